The van der Waals surface area contributed by atoms with E-state index in [-0.39, 0.29) is 17.5 Å². The van der Waals surface area contributed by atoms with Gasteiger partial charge in [-0.1, -0.05) is 42.5 Å². The standard InChI is InChI=1S/C20H18FNO/c21-17-8-6-15(7-9-17)18-10-16-12-22(13-19(16)20(18)23)11-14-4-2-1-3-5-14/h1-9,18H,10-13H2. The van der Waals surface area contributed by atoms with Crippen molar-refractivity contribution in [2.75, 3.05) is 13.1 Å². The van der Waals surface area contributed by atoms with Crippen molar-refractivity contribution in [3.05, 3.63) is 82.7 Å². The van der Waals surface area contributed by atoms with Crippen molar-refractivity contribution >= 4 is 5.78 Å². The second kappa shape index (κ2) is 5.74. The Hall–Kier alpha value is -2.26. The lowest BCUT2D eigenvalue weighted by Gasteiger charge is -2.19. The van der Waals surface area contributed by atoms with E-state index < -0.39 is 0 Å². The van der Waals surface area contributed by atoms with Crippen LogP contribution in [0.25, 0.3) is 0 Å². The first-order valence-corrected chi connectivity index (χ1v) is 7.97. The zero-order valence-electron chi connectivity index (χ0n) is 12.8. The lowest BCUT2D eigenvalue weighted by molar-refractivity contribution is -0.116. The van der Waals surface area contributed by atoms with Gasteiger partial charge in [0.15, 0.2) is 5.78 Å². The Labute approximate surface area is 135 Å². The average molecular weight is 307 g/mol. The molecule has 0 bridgehead atoms. The highest BCUT2D eigenvalue weighted by atomic mass is 19.1. The quantitative estimate of drug-likeness (QED) is 0.862. The number of carbonyl (C=O) groups excluding carboxylic acids is 1. The Morgan fingerprint density at radius 1 is 1.00 bits per heavy atom. The molecule has 1 aliphatic carbocycles. The molecule has 0 spiro atoms. The van der Waals surface area contributed by atoms with E-state index in [0.717, 1.165) is 37.2 Å². The van der Waals surface area contributed by atoms with Crippen LogP contribution in [0.2, 0.25) is 0 Å². The van der Waals surface area contributed by atoms with Gasteiger partial charge in [0, 0.05) is 25.2 Å². The topological polar surface area (TPSA) is 20.3 Å². The summed E-state index contributed by atoms with van der Waals surface area (Å²) in [6.07, 6.45) is 0.783. The van der Waals surface area contributed by atoms with Crippen LogP contribution < -0.4 is 0 Å². The lowest BCUT2D eigenvalue weighted by atomic mass is 9.93. The summed E-state index contributed by atoms with van der Waals surface area (Å²) in [4.78, 5) is 15.0. The fraction of sp³-hybridized carbons (Fsp3) is 0.250. The molecule has 1 atom stereocenters. The van der Waals surface area contributed by atoms with Gasteiger partial charge in [-0.3, -0.25) is 9.69 Å². The Morgan fingerprint density at radius 2 is 1.74 bits per heavy atom. The molecule has 0 aromatic heterocycles. The number of hydrogen-bond donors (Lipinski definition) is 0. The predicted octanol–water partition coefficient (Wildman–Crippen LogP) is 3.69. The van der Waals surface area contributed by atoms with Crippen LogP contribution >= 0.6 is 0 Å². The third-order valence-electron chi connectivity index (χ3n) is 4.81. The van der Waals surface area contributed by atoms with E-state index in [9.17, 15) is 9.18 Å². The summed E-state index contributed by atoms with van der Waals surface area (Å²) >= 11 is 0. The van der Waals surface area contributed by atoms with Crippen LogP contribution in [0.3, 0.4) is 0 Å². The number of halogens is 1. The zero-order chi connectivity index (χ0) is 15.8. The van der Waals surface area contributed by atoms with E-state index >= 15 is 0 Å². The lowest BCUT2D eigenvalue weighted by Crippen LogP contribution is -2.25. The van der Waals surface area contributed by atoms with Gasteiger partial charge >= 0.3 is 0 Å². The van der Waals surface area contributed by atoms with Crippen molar-refractivity contribution in [1.82, 2.24) is 4.90 Å². The number of rotatable bonds is 3. The summed E-state index contributed by atoms with van der Waals surface area (Å²) < 4.78 is 13.1. The van der Waals surface area contributed by atoms with Crippen LogP contribution in [0.5, 0.6) is 0 Å². The van der Waals surface area contributed by atoms with Gasteiger partial charge in [-0.2, -0.15) is 0 Å². The molecule has 0 fully saturated rings. The van der Waals surface area contributed by atoms with E-state index in [1.54, 1.807) is 12.1 Å². The molecule has 2 aliphatic rings. The van der Waals surface area contributed by atoms with Crippen molar-refractivity contribution in [3.8, 4) is 0 Å². The number of likely N-dealkylation sites (tertiary alicyclic amines) is 1. The molecule has 23 heavy (non-hydrogen) atoms. The number of carbonyl (C=O) groups is 1. The molecule has 2 nitrogen and oxygen atoms in total. The minimum Gasteiger partial charge on any atom is -0.294 e. The first kappa shape index (κ1) is 14.3. The van der Waals surface area contributed by atoms with Crippen LogP contribution in [-0.4, -0.2) is 23.8 Å². The first-order valence-electron chi connectivity index (χ1n) is 7.97. The second-order valence-electron chi connectivity index (χ2n) is 6.39. The summed E-state index contributed by atoms with van der Waals surface area (Å²) in [5, 5.41) is 0. The molecule has 0 radical (unpaired) electrons. The first-order chi connectivity index (χ1) is 11.2. The monoisotopic (exact) mass is 307 g/mol. The Morgan fingerprint density at radius 3 is 2.43 bits per heavy atom. The van der Waals surface area contributed by atoms with Crippen LogP contribution in [-0.2, 0) is 11.3 Å². The number of Topliss-reactive ketones (excluding diaryl/α,β-unsaturated/α-hetero) is 1. The highest BCUT2D eigenvalue weighted by molar-refractivity contribution is 6.04. The summed E-state index contributed by atoms with van der Waals surface area (Å²) in [5.74, 6) is -0.143. The Balaban J connectivity index is 1.45. The number of ketones is 1. The van der Waals surface area contributed by atoms with Crippen molar-refractivity contribution in [2.45, 2.75) is 18.9 Å². The van der Waals surface area contributed by atoms with Gasteiger partial charge in [0.25, 0.3) is 0 Å². The summed E-state index contributed by atoms with van der Waals surface area (Å²) in [7, 11) is 0. The van der Waals surface area contributed by atoms with Crippen LogP contribution in [0, 0.1) is 5.82 Å². The molecular weight excluding hydrogens is 289 g/mol. The van der Waals surface area contributed by atoms with Gasteiger partial charge in [0.1, 0.15) is 5.82 Å². The summed E-state index contributed by atoms with van der Waals surface area (Å²) in [5.41, 5.74) is 4.45. The van der Waals surface area contributed by atoms with Crippen molar-refractivity contribution in [2.24, 2.45) is 0 Å². The molecule has 0 saturated heterocycles. The summed E-state index contributed by atoms with van der Waals surface area (Å²) in [6, 6.07) is 16.7. The van der Waals surface area contributed by atoms with Crippen LogP contribution in [0.1, 0.15) is 23.5 Å². The van der Waals surface area contributed by atoms with Gasteiger partial charge in [-0.15, -0.1) is 0 Å². The fourth-order valence-electron chi connectivity index (χ4n) is 3.66. The Bertz CT molecular complexity index is 764. The van der Waals surface area contributed by atoms with Gasteiger partial charge in [-0.25, -0.2) is 4.39 Å². The smallest absolute Gasteiger partial charge is 0.167 e. The number of nitrogens with zero attached hydrogens (tertiary/aromatic N) is 1. The van der Waals surface area contributed by atoms with Gasteiger partial charge in [0.05, 0.1) is 5.92 Å². The molecular formula is C20H18FNO. The second-order valence-corrected chi connectivity index (χ2v) is 6.39. The molecule has 116 valence electrons. The normalized spacial score (nSPS) is 21.1. The SMILES string of the molecule is O=C1C2=C(CC1c1ccc(F)cc1)CN(Cc1ccccc1)C2. The molecule has 4 rings (SSSR count). The predicted molar refractivity (Wildman–Crippen MR) is 87.5 cm³/mol. The summed E-state index contributed by atoms with van der Waals surface area (Å²) in [6.45, 7) is 2.48. The van der Waals surface area contributed by atoms with Crippen LogP contribution in [0.4, 0.5) is 4.39 Å². The molecule has 2 aromatic carbocycles. The number of benzene rings is 2. The van der Waals surface area contributed by atoms with Gasteiger partial charge < -0.3 is 0 Å². The maximum absolute atomic E-state index is 13.1. The molecule has 1 heterocycles. The van der Waals surface area contributed by atoms with E-state index in [2.05, 4.69) is 17.0 Å². The van der Waals surface area contributed by atoms with Crippen molar-refractivity contribution < 1.29 is 9.18 Å². The Kier molecular flexibility index (Phi) is 3.58. The maximum Gasteiger partial charge on any atom is 0.167 e. The maximum atomic E-state index is 13.1. The third-order valence-corrected chi connectivity index (χ3v) is 4.81. The van der Waals surface area contributed by atoms with E-state index in [1.165, 1.54) is 23.3 Å². The zero-order valence-corrected chi connectivity index (χ0v) is 12.8. The minimum absolute atomic E-state index is 0.112. The molecule has 3 heteroatoms. The van der Waals surface area contributed by atoms with E-state index in [1.807, 2.05) is 18.2 Å². The highest BCUT2D eigenvalue weighted by Gasteiger charge is 2.38. The molecule has 2 aromatic rings. The van der Waals surface area contributed by atoms with Crippen LogP contribution in [0.15, 0.2) is 65.7 Å². The fourth-order valence-corrected chi connectivity index (χ4v) is 3.66. The van der Waals surface area contributed by atoms with Crippen molar-refractivity contribution in [1.29, 1.82) is 0 Å². The van der Waals surface area contributed by atoms with E-state index in [4.69, 9.17) is 0 Å². The average Bonchev–Trinajstić information content (AvgIpc) is 3.08. The molecule has 1 aliphatic heterocycles. The highest BCUT2D eigenvalue weighted by Crippen LogP contribution is 2.39. The van der Waals surface area contributed by atoms with Crippen molar-refractivity contribution in [3.63, 3.8) is 0 Å². The van der Waals surface area contributed by atoms with Gasteiger partial charge in [0.2, 0.25) is 0 Å². The molecule has 1 unspecified atom stereocenters. The number of hydrogen-bond acceptors (Lipinski definition) is 2. The largest absolute Gasteiger partial charge is 0.294 e. The molecule has 0 N–H and O–H groups in total. The molecule has 0 saturated carbocycles. The van der Waals surface area contributed by atoms with Gasteiger partial charge in [-0.05, 0) is 35.3 Å². The minimum atomic E-state index is -0.256. The third kappa shape index (κ3) is 2.73. The molecule has 0 amide bonds. The van der Waals surface area contributed by atoms with E-state index in [0.29, 0.717) is 0 Å².